The van der Waals surface area contributed by atoms with Gasteiger partial charge in [0.2, 0.25) is 0 Å². The molecule has 1 aliphatic heterocycles. The Labute approximate surface area is 135 Å². The molecule has 1 aliphatic carbocycles. The zero-order valence-electron chi connectivity index (χ0n) is 12.8. The third-order valence-corrected chi connectivity index (χ3v) is 6.28. The van der Waals surface area contributed by atoms with Gasteiger partial charge in [-0.1, -0.05) is 6.07 Å². The maximum Gasteiger partial charge on any atom is 0.326 e. The predicted molar refractivity (Wildman–Crippen MR) is 91.5 cm³/mol. The standard InChI is InChI=1S/C16H18N4O2S/c1-19-16-8-12(13-6-7-18-9-14(13)17)4-5-15(16)20(23(19,21)22)10-11-2-3-11/h4-9,11H,2-3,10,17H2,1H3. The van der Waals surface area contributed by atoms with E-state index in [1.807, 2.05) is 24.3 Å². The molecule has 23 heavy (non-hydrogen) atoms. The lowest BCUT2D eigenvalue weighted by molar-refractivity contribution is 0.590. The zero-order chi connectivity index (χ0) is 16.2. The molecule has 0 spiro atoms. The van der Waals surface area contributed by atoms with Crippen molar-refractivity contribution in [3.8, 4) is 11.1 Å². The first-order valence-corrected chi connectivity index (χ1v) is 8.98. The topological polar surface area (TPSA) is 79.5 Å². The van der Waals surface area contributed by atoms with E-state index in [-0.39, 0.29) is 0 Å². The van der Waals surface area contributed by atoms with Crippen LogP contribution in [0.3, 0.4) is 0 Å². The van der Waals surface area contributed by atoms with E-state index in [0.717, 1.165) is 29.7 Å². The van der Waals surface area contributed by atoms with Crippen LogP contribution >= 0.6 is 0 Å². The molecular formula is C16H18N4O2S. The van der Waals surface area contributed by atoms with Crippen LogP contribution in [-0.2, 0) is 10.2 Å². The summed E-state index contributed by atoms with van der Waals surface area (Å²) in [6.45, 7) is 0.566. The van der Waals surface area contributed by atoms with Gasteiger partial charge in [-0.15, -0.1) is 0 Å². The molecule has 1 saturated carbocycles. The van der Waals surface area contributed by atoms with Gasteiger partial charge in [-0.25, -0.2) is 0 Å². The van der Waals surface area contributed by atoms with Crippen LogP contribution in [0.5, 0.6) is 0 Å². The Morgan fingerprint density at radius 2 is 2.04 bits per heavy atom. The molecule has 1 aromatic carbocycles. The SMILES string of the molecule is CN1c2cc(-c3ccncc3N)ccc2N(CC2CC2)S1(=O)=O. The van der Waals surface area contributed by atoms with E-state index >= 15 is 0 Å². The molecule has 4 rings (SSSR count). The molecule has 0 bridgehead atoms. The first-order valence-electron chi connectivity index (χ1n) is 7.59. The number of fused-ring (bicyclic) bond motifs is 1. The summed E-state index contributed by atoms with van der Waals surface area (Å²) in [4.78, 5) is 3.99. The molecule has 120 valence electrons. The Morgan fingerprint density at radius 3 is 2.74 bits per heavy atom. The van der Waals surface area contributed by atoms with Crippen LogP contribution in [0.1, 0.15) is 12.8 Å². The minimum absolute atomic E-state index is 0.486. The molecule has 0 atom stereocenters. The average molecular weight is 330 g/mol. The highest BCUT2D eigenvalue weighted by Crippen LogP contribution is 2.44. The van der Waals surface area contributed by atoms with Crippen molar-refractivity contribution in [3.63, 3.8) is 0 Å². The second kappa shape index (κ2) is 4.86. The van der Waals surface area contributed by atoms with Gasteiger partial charge in [-0.3, -0.25) is 13.6 Å². The summed E-state index contributed by atoms with van der Waals surface area (Å²) in [6, 6.07) is 7.50. The van der Waals surface area contributed by atoms with Crippen molar-refractivity contribution >= 4 is 27.3 Å². The Bertz CT molecular complexity index is 877. The molecule has 6 nitrogen and oxygen atoms in total. The second-order valence-corrected chi connectivity index (χ2v) is 8.00. The smallest absolute Gasteiger partial charge is 0.326 e. The Kier molecular flexibility index (Phi) is 3.02. The minimum atomic E-state index is -3.47. The highest BCUT2D eigenvalue weighted by molar-refractivity contribution is 7.94. The van der Waals surface area contributed by atoms with Crippen molar-refractivity contribution in [2.24, 2.45) is 5.92 Å². The Balaban J connectivity index is 1.81. The molecule has 2 heterocycles. The summed E-state index contributed by atoms with van der Waals surface area (Å²) < 4.78 is 28.2. The monoisotopic (exact) mass is 330 g/mol. The average Bonchev–Trinajstić information content (AvgIpc) is 3.33. The summed E-state index contributed by atoms with van der Waals surface area (Å²) in [5, 5.41) is 0. The number of hydrogen-bond donors (Lipinski definition) is 1. The Hall–Kier alpha value is -2.28. The van der Waals surface area contributed by atoms with Crippen molar-refractivity contribution in [2.75, 3.05) is 27.9 Å². The van der Waals surface area contributed by atoms with Crippen molar-refractivity contribution in [1.82, 2.24) is 4.98 Å². The van der Waals surface area contributed by atoms with Gasteiger partial charge in [0.05, 0.1) is 23.3 Å². The van der Waals surface area contributed by atoms with E-state index in [4.69, 9.17) is 5.73 Å². The number of nitrogens with two attached hydrogens (primary N) is 1. The molecule has 2 aromatic rings. The molecule has 0 unspecified atom stereocenters. The normalized spacial score (nSPS) is 19.0. The number of pyridine rings is 1. The van der Waals surface area contributed by atoms with Gasteiger partial charge >= 0.3 is 10.2 Å². The maximum atomic E-state index is 12.6. The van der Waals surface area contributed by atoms with Gasteiger partial charge in [0.1, 0.15) is 0 Å². The number of rotatable bonds is 3. The van der Waals surface area contributed by atoms with Gasteiger partial charge in [-0.05, 0) is 42.5 Å². The van der Waals surface area contributed by atoms with Crippen molar-refractivity contribution in [3.05, 3.63) is 36.7 Å². The second-order valence-electron chi connectivity index (χ2n) is 6.12. The lowest BCUT2D eigenvalue weighted by Gasteiger charge is -2.18. The van der Waals surface area contributed by atoms with Crippen molar-refractivity contribution in [1.29, 1.82) is 0 Å². The summed E-state index contributed by atoms with van der Waals surface area (Å²) in [5.41, 5.74) is 9.74. The van der Waals surface area contributed by atoms with Crippen LogP contribution < -0.4 is 14.3 Å². The van der Waals surface area contributed by atoms with Crippen LogP contribution in [0.15, 0.2) is 36.7 Å². The first kappa shape index (κ1) is 14.3. The first-order chi connectivity index (χ1) is 11.0. The molecule has 2 aliphatic rings. The minimum Gasteiger partial charge on any atom is -0.397 e. The third kappa shape index (κ3) is 2.23. The summed E-state index contributed by atoms with van der Waals surface area (Å²) in [7, 11) is -1.87. The van der Waals surface area contributed by atoms with Gasteiger partial charge in [0.25, 0.3) is 0 Å². The number of hydrogen-bond acceptors (Lipinski definition) is 4. The number of anilines is 3. The van der Waals surface area contributed by atoms with E-state index in [1.165, 1.54) is 8.61 Å². The maximum absolute atomic E-state index is 12.6. The number of nitrogens with zero attached hydrogens (tertiary/aromatic N) is 3. The highest BCUT2D eigenvalue weighted by Gasteiger charge is 2.40. The van der Waals surface area contributed by atoms with Crippen LogP contribution in [0.4, 0.5) is 17.1 Å². The van der Waals surface area contributed by atoms with Crippen molar-refractivity contribution < 1.29 is 8.42 Å². The third-order valence-electron chi connectivity index (χ3n) is 4.49. The van der Waals surface area contributed by atoms with Crippen LogP contribution in [0.2, 0.25) is 0 Å². The van der Waals surface area contributed by atoms with Crippen LogP contribution in [-0.4, -0.2) is 27.0 Å². The molecule has 0 amide bonds. The fourth-order valence-corrected chi connectivity index (χ4v) is 4.44. The summed E-state index contributed by atoms with van der Waals surface area (Å²) in [6.07, 6.45) is 5.49. The number of nitrogen functional groups attached to an aromatic ring is 1. The van der Waals surface area contributed by atoms with E-state index < -0.39 is 10.2 Å². The van der Waals surface area contributed by atoms with Gasteiger partial charge in [0.15, 0.2) is 0 Å². The fourth-order valence-electron chi connectivity index (χ4n) is 2.95. The van der Waals surface area contributed by atoms with E-state index in [0.29, 0.717) is 23.8 Å². The van der Waals surface area contributed by atoms with Gasteiger partial charge < -0.3 is 5.73 Å². The predicted octanol–water partition coefficient (Wildman–Crippen LogP) is 2.24. The molecule has 1 fully saturated rings. The van der Waals surface area contributed by atoms with Crippen LogP contribution in [0.25, 0.3) is 11.1 Å². The summed E-state index contributed by atoms with van der Waals surface area (Å²) in [5.74, 6) is 0.486. The molecule has 2 N–H and O–H groups in total. The fraction of sp³-hybridized carbons (Fsp3) is 0.312. The summed E-state index contributed by atoms with van der Waals surface area (Å²) >= 11 is 0. The quantitative estimate of drug-likeness (QED) is 0.936. The molecular weight excluding hydrogens is 312 g/mol. The lowest BCUT2D eigenvalue weighted by Crippen LogP contribution is -2.36. The largest absolute Gasteiger partial charge is 0.397 e. The highest BCUT2D eigenvalue weighted by atomic mass is 32.2. The van der Waals surface area contributed by atoms with Gasteiger partial charge in [-0.2, -0.15) is 8.42 Å². The van der Waals surface area contributed by atoms with E-state index in [9.17, 15) is 8.42 Å². The number of aromatic nitrogens is 1. The van der Waals surface area contributed by atoms with Crippen LogP contribution in [0, 0.1) is 5.92 Å². The number of benzene rings is 1. The Morgan fingerprint density at radius 1 is 1.26 bits per heavy atom. The van der Waals surface area contributed by atoms with E-state index in [2.05, 4.69) is 4.98 Å². The molecule has 0 radical (unpaired) electrons. The van der Waals surface area contributed by atoms with Gasteiger partial charge in [0, 0.05) is 25.4 Å². The van der Waals surface area contributed by atoms with E-state index in [1.54, 1.807) is 19.4 Å². The molecule has 0 saturated heterocycles. The molecule has 1 aromatic heterocycles. The van der Waals surface area contributed by atoms with Crippen molar-refractivity contribution in [2.45, 2.75) is 12.8 Å². The lowest BCUT2D eigenvalue weighted by atomic mass is 10.0. The zero-order valence-corrected chi connectivity index (χ0v) is 13.6. The molecule has 7 heteroatoms.